The van der Waals surface area contributed by atoms with Crippen molar-refractivity contribution in [1.29, 1.82) is 0 Å². The lowest BCUT2D eigenvalue weighted by atomic mass is 10.2. The zero-order valence-electron chi connectivity index (χ0n) is 11.2. The van der Waals surface area contributed by atoms with Gasteiger partial charge in [0, 0.05) is 34.8 Å². The van der Waals surface area contributed by atoms with E-state index in [0.29, 0.717) is 12.2 Å². The molecule has 2 aromatic heterocycles. The molecule has 0 saturated heterocycles. The SMILES string of the molecule is Cc1cccc(SCC(O)Cc2cn3ccsc3n2)c1. The third kappa shape index (κ3) is 3.23. The Morgan fingerprint density at radius 2 is 2.35 bits per heavy atom. The molecule has 3 aromatic rings. The molecule has 0 spiro atoms. The molecule has 20 heavy (non-hydrogen) atoms. The van der Waals surface area contributed by atoms with Gasteiger partial charge in [-0.25, -0.2) is 4.98 Å². The fourth-order valence-electron chi connectivity index (χ4n) is 2.07. The Morgan fingerprint density at radius 3 is 3.15 bits per heavy atom. The fourth-order valence-corrected chi connectivity index (χ4v) is 3.74. The quantitative estimate of drug-likeness (QED) is 0.734. The summed E-state index contributed by atoms with van der Waals surface area (Å²) in [5, 5.41) is 12.1. The Hall–Kier alpha value is -1.30. The van der Waals surface area contributed by atoms with Crippen LogP contribution in [0, 0.1) is 6.92 Å². The molecule has 0 aliphatic carbocycles. The summed E-state index contributed by atoms with van der Waals surface area (Å²) in [5.74, 6) is 0.689. The van der Waals surface area contributed by atoms with E-state index in [1.54, 1.807) is 23.1 Å². The average Bonchev–Trinajstić information content (AvgIpc) is 2.97. The van der Waals surface area contributed by atoms with Crippen molar-refractivity contribution in [3.05, 3.63) is 53.3 Å². The fraction of sp³-hybridized carbons (Fsp3) is 0.267. The molecule has 3 rings (SSSR count). The smallest absolute Gasteiger partial charge is 0.193 e. The second-order valence-corrected chi connectivity index (χ2v) is 6.78. The van der Waals surface area contributed by atoms with E-state index in [0.717, 1.165) is 10.7 Å². The van der Waals surface area contributed by atoms with Gasteiger partial charge in [0.15, 0.2) is 4.96 Å². The lowest BCUT2D eigenvalue weighted by Crippen LogP contribution is -2.13. The van der Waals surface area contributed by atoms with Crippen molar-refractivity contribution in [2.24, 2.45) is 0 Å². The lowest BCUT2D eigenvalue weighted by molar-refractivity contribution is 0.199. The molecule has 1 atom stereocenters. The van der Waals surface area contributed by atoms with Gasteiger partial charge in [0.2, 0.25) is 0 Å². The summed E-state index contributed by atoms with van der Waals surface area (Å²) in [6.45, 7) is 2.08. The number of hydrogen-bond acceptors (Lipinski definition) is 4. The Morgan fingerprint density at radius 1 is 1.45 bits per heavy atom. The van der Waals surface area contributed by atoms with Crippen molar-refractivity contribution < 1.29 is 5.11 Å². The number of aliphatic hydroxyl groups is 1. The molecular weight excluding hydrogens is 288 g/mol. The second kappa shape index (κ2) is 5.99. The number of aryl methyl sites for hydroxylation is 1. The third-order valence-corrected chi connectivity index (χ3v) is 4.93. The van der Waals surface area contributed by atoms with Crippen molar-refractivity contribution in [2.45, 2.75) is 24.3 Å². The van der Waals surface area contributed by atoms with E-state index in [-0.39, 0.29) is 6.10 Å². The molecule has 0 bridgehead atoms. The van der Waals surface area contributed by atoms with Crippen LogP contribution in [0.15, 0.2) is 46.9 Å². The van der Waals surface area contributed by atoms with Crippen LogP contribution < -0.4 is 0 Å². The van der Waals surface area contributed by atoms with E-state index >= 15 is 0 Å². The second-order valence-electron chi connectivity index (χ2n) is 4.81. The number of thiazole rings is 1. The van der Waals surface area contributed by atoms with Crippen LogP contribution in [0.3, 0.4) is 0 Å². The maximum atomic E-state index is 10.1. The number of benzene rings is 1. The first-order valence-electron chi connectivity index (χ1n) is 6.49. The van der Waals surface area contributed by atoms with Gasteiger partial charge in [-0.1, -0.05) is 17.7 Å². The highest BCUT2D eigenvalue weighted by atomic mass is 32.2. The topological polar surface area (TPSA) is 37.5 Å². The van der Waals surface area contributed by atoms with Crippen LogP contribution in [0.2, 0.25) is 0 Å². The standard InChI is InChI=1S/C15H16N2OS2/c1-11-3-2-4-14(7-11)20-10-13(18)8-12-9-17-5-6-19-15(17)16-12/h2-7,9,13,18H,8,10H2,1H3. The maximum absolute atomic E-state index is 10.1. The predicted molar refractivity (Wildman–Crippen MR) is 84.7 cm³/mol. The van der Waals surface area contributed by atoms with Crippen molar-refractivity contribution in [3.8, 4) is 0 Å². The minimum Gasteiger partial charge on any atom is -0.392 e. The largest absolute Gasteiger partial charge is 0.392 e. The number of rotatable bonds is 5. The number of hydrogen-bond donors (Lipinski definition) is 1. The average molecular weight is 304 g/mol. The first kappa shape index (κ1) is 13.7. The molecule has 1 unspecified atom stereocenters. The van der Waals surface area contributed by atoms with Gasteiger partial charge in [0.05, 0.1) is 11.8 Å². The van der Waals surface area contributed by atoms with Gasteiger partial charge in [0.1, 0.15) is 0 Å². The molecule has 5 heteroatoms. The van der Waals surface area contributed by atoms with Gasteiger partial charge in [-0.2, -0.15) is 0 Å². The van der Waals surface area contributed by atoms with Crippen LogP contribution in [0.5, 0.6) is 0 Å². The van der Waals surface area contributed by atoms with E-state index in [4.69, 9.17) is 0 Å². The first-order valence-corrected chi connectivity index (χ1v) is 8.36. The highest BCUT2D eigenvalue weighted by Crippen LogP contribution is 2.21. The highest BCUT2D eigenvalue weighted by molar-refractivity contribution is 7.99. The van der Waals surface area contributed by atoms with Crippen LogP contribution in [0.25, 0.3) is 4.96 Å². The zero-order chi connectivity index (χ0) is 13.9. The van der Waals surface area contributed by atoms with Gasteiger partial charge in [-0.05, 0) is 19.1 Å². The van der Waals surface area contributed by atoms with Crippen LogP contribution in [-0.2, 0) is 6.42 Å². The van der Waals surface area contributed by atoms with Crippen molar-refractivity contribution in [3.63, 3.8) is 0 Å². The number of thioether (sulfide) groups is 1. The predicted octanol–water partition coefficient (Wildman–Crippen LogP) is 3.40. The highest BCUT2D eigenvalue weighted by Gasteiger charge is 2.10. The van der Waals surface area contributed by atoms with E-state index in [2.05, 4.69) is 30.1 Å². The lowest BCUT2D eigenvalue weighted by Gasteiger charge is -2.08. The Kier molecular flexibility index (Phi) is 4.10. The van der Waals surface area contributed by atoms with Gasteiger partial charge in [-0.3, -0.25) is 4.40 Å². The molecule has 0 radical (unpaired) electrons. The van der Waals surface area contributed by atoms with E-state index in [9.17, 15) is 5.11 Å². The number of fused-ring (bicyclic) bond motifs is 1. The van der Waals surface area contributed by atoms with Crippen LogP contribution in [0.4, 0.5) is 0 Å². The van der Waals surface area contributed by atoms with E-state index < -0.39 is 0 Å². The molecule has 2 heterocycles. The minimum absolute atomic E-state index is 0.370. The van der Waals surface area contributed by atoms with E-state index in [1.807, 2.05) is 28.2 Å². The van der Waals surface area contributed by atoms with Crippen LogP contribution >= 0.6 is 23.1 Å². The molecule has 1 N–H and O–H groups in total. The molecule has 0 amide bonds. The van der Waals surface area contributed by atoms with E-state index in [1.165, 1.54) is 10.5 Å². The summed E-state index contributed by atoms with van der Waals surface area (Å²) in [6, 6.07) is 8.35. The van der Waals surface area contributed by atoms with Crippen molar-refractivity contribution in [1.82, 2.24) is 9.38 Å². The monoisotopic (exact) mass is 304 g/mol. The minimum atomic E-state index is -0.370. The summed E-state index contributed by atoms with van der Waals surface area (Å²) in [6.07, 6.45) is 4.22. The summed E-state index contributed by atoms with van der Waals surface area (Å²) >= 11 is 3.30. The summed E-state index contributed by atoms with van der Waals surface area (Å²) in [4.78, 5) is 6.68. The Labute approximate surface area is 126 Å². The van der Waals surface area contributed by atoms with Gasteiger partial charge in [0.25, 0.3) is 0 Å². The van der Waals surface area contributed by atoms with Crippen LogP contribution in [0.1, 0.15) is 11.3 Å². The summed E-state index contributed by atoms with van der Waals surface area (Å²) < 4.78 is 2.00. The number of aliphatic hydroxyl groups excluding tert-OH is 1. The number of aromatic nitrogens is 2. The van der Waals surface area contributed by atoms with Gasteiger partial charge < -0.3 is 5.11 Å². The number of nitrogens with zero attached hydrogens (tertiary/aromatic N) is 2. The Bertz CT molecular complexity index is 676. The molecular formula is C15H16N2OS2. The molecule has 3 nitrogen and oxygen atoms in total. The molecule has 0 aliphatic rings. The Balaban J connectivity index is 1.57. The third-order valence-electron chi connectivity index (χ3n) is 3.02. The van der Waals surface area contributed by atoms with Crippen molar-refractivity contribution in [2.75, 3.05) is 5.75 Å². The summed E-state index contributed by atoms with van der Waals surface area (Å²) in [5.41, 5.74) is 2.20. The maximum Gasteiger partial charge on any atom is 0.193 e. The van der Waals surface area contributed by atoms with Crippen molar-refractivity contribution >= 4 is 28.1 Å². The van der Waals surface area contributed by atoms with Gasteiger partial charge in [-0.15, -0.1) is 23.1 Å². The molecule has 1 aromatic carbocycles. The molecule has 104 valence electrons. The normalized spacial score (nSPS) is 12.9. The molecule has 0 aliphatic heterocycles. The van der Waals surface area contributed by atoms with Gasteiger partial charge >= 0.3 is 0 Å². The van der Waals surface area contributed by atoms with Crippen LogP contribution in [-0.4, -0.2) is 26.3 Å². The first-order chi connectivity index (χ1) is 9.70. The zero-order valence-corrected chi connectivity index (χ0v) is 12.8. The number of imidazole rings is 1. The summed E-state index contributed by atoms with van der Waals surface area (Å²) in [7, 11) is 0. The molecule has 0 fully saturated rings. The molecule has 0 saturated carbocycles.